The van der Waals surface area contributed by atoms with Gasteiger partial charge in [0.2, 0.25) is 11.8 Å². The molecule has 14 heteroatoms. The third-order valence-electron chi connectivity index (χ3n) is 13.5. The number of carbonyl (C=O) groups excluding carboxylic acids is 5. The van der Waals surface area contributed by atoms with Crippen LogP contribution >= 0.6 is 0 Å². The number of carbonyl (C=O) groups is 6. The lowest BCUT2D eigenvalue weighted by Gasteiger charge is -2.26. The minimum atomic E-state index is -1.17. The van der Waals surface area contributed by atoms with Crippen molar-refractivity contribution in [1.29, 1.82) is 0 Å². The van der Waals surface area contributed by atoms with Crippen molar-refractivity contribution in [2.75, 3.05) is 40.4 Å². The van der Waals surface area contributed by atoms with Gasteiger partial charge in [0, 0.05) is 39.0 Å². The second kappa shape index (κ2) is 29.3. The summed E-state index contributed by atoms with van der Waals surface area (Å²) < 4.78 is 16.6. The van der Waals surface area contributed by atoms with Gasteiger partial charge < -0.3 is 39.8 Å². The number of carboxylic acids is 1. The zero-order valence-corrected chi connectivity index (χ0v) is 44.8. The standard InChI is InChI=1S/C32H44N2O5.C28H36N2O5/c1-6-7-8-9-10-15-20-34(5)30(36)28(21-29(35)39-32(2,3)4)33-31(37)38-22-27-25-18-13-11-16-23(25)24-17-12-14-19-26(24)27;1-3-4-5-6-7-12-17-30(2)27(33)25(18-26(31)32)29-28(34)35-19-24-22-15-10-8-13-20(22)21-14-9-11-16-23(21)24/h11-14,16-19,27-28H,6-10,15,20-22H2,1-5H3,(H,33,37);8-11,13-16,24-25H,3-7,12,17-19H2,1-2H3,(H,29,34)(H,31,32)/t28-;25-/m00/s1. The fourth-order valence-corrected chi connectivity index (χ4v) is 9.70. The van der Waals surface area contributed by atoms with E-state index in [1.165, 1.54) is 43.4 Å². The normalized spacial score (nSPS) is 13.1. The summed E-state index contributed by atoms with van der Waals surface area (Å²) >= 11 is 0. The first kappa shape index (κ1) is 58.2. The maximum atomic E-state index is 13.3. The Morgan fingerprint density at radius 3 is 1.18 bits per heavy atom. The van der Waals surface area contributed by atoms with Crippen LogP contribution in [0.2, 0.25) is 0 Å². The first-order chi connectivity index (χ1) is 35.5. The van der Waals surface area contributed by atoms with Crippen LogP contribution in [0.3, 0.4) is 0 Å². The first-order valence-corrected chi connectivity index (χ1v) is 26.7. The fourth-order valence-electron chi connectivity index (χ4n) is 9.70. The van der Waals surface area contributed by atoms with Gasteiger partial charge in [-0.3, -0.25) is 19.2 Å². The van der Waals surface area contributed by atoms with E-state index >= 15 is 0 Å². The van der Waals surface area contributed by atoms with Gasteiger partial charge >= 0.3 is 24.1 Å². The summed E-state index contributed by atoms with van der Waals surface area (Å²) in [5.41, 5.74) is 8.18. The Labute approximate surface area is 438 Å². The number of fused-ring (bicyclic) bond motifs is 6. The summed E-state index contributed by atoms with van der Waals surface area (Å²) in [5.74, 6) is -2.67. The molecular formula is C60H80N4O10. The molecule has 0 aromatic heterocycles. The van der Waals surface area contributed by atoms with Crippen LogP contribution in [0.5, 0.6) is 0 Å². The van der Waals surface area contributed by atoms with Crippen molar-refractivity contribution in [3.8, 4) is 22.3 Å². The summed E-state index contributed by atoms with van der Waals surface area (Å²) in [6, 6.07) is 30.0. The average Bonchev–Trinajstić information content (AvgIpc) is 3.87. The van der Waals surface area contributed by atoms with E-state index in [1.54, 1.807) is 39.8 Å². The highest BCUT2D eigenvalue weighted by Gasteiger charge is 2.34. The zero-order chi connectivity index (χ0) is 53.6. The van der Waals surface area contributed by atoms with Crippen LogP contribution in [0.1, 0.15) is 159 Å². The van der Waals surface area contributed by atoms with E-state index in [0.29, 0.717) is 13.1 Å². The molecule has 0 spiro atoms. The fraction of sp³-hybridized carbons (Fsp3) is 0.500. The Morgan fingerprint density at radius 2 is 0.838 bits per heavy atom. The van der Waals surface area contributed by atoms with Gasteiger partial charge in [0.25, 0.3) is 0 Å². The van der Waals surface area contributed by atoms with Crippen LogP contribution in [0, 0.1) is 0 Å². The van der Waals surface area contributed by atoms with E-state index < -0.39 is 54.1 Å². The Morgan fingerprint density at radius 1 is 0.514 bits per heavy atom. The Kier molecular flexibility index (Phi) is 23.0. The van der Waals surface area contributed by atoms with E-state index in [4.69, 9.17) is 14.2 Å². The van der Waals surface area contributed by atoms with Gasteiger partial charge in [-0.2, -0.15) is 0 Å². The van der Waals surface area contributed by atoms with Crippen molar-refractivity contribution in [3.63, 3.8) is 0 Å². The van der Waals surface area contributed by atoms with E-state index in [9.17, 15) is 33.9 Å². The maximum absolute atomic E-state index is 13.3. The number of ether oxygens (including phenoxy) is 3. The topological polar surface area (TPSA) is 181 Å². The molecular weight excluding hydrogens is 937 g/mol. The number of unbranched alkanes of at least 4 members (excludes halogenated alkanes) is 10. The summed E-state index contributed by atoms with van der Waals surface area (Å²) in [4.78, 5) is 78.7. The van der Waals surface area contributed by atoms with Gasteiger partial charge in [-0.05, 0) is 78.1 Å². The SMILES string of the molecule is CCCCCCCCN(C)C(=O)[C@H](CC(=O)O)NC(=O)OCC1c2ccccc2-c2ccccc21.CCCCCCCCN(C)C(=O)[C@H](CC(=O)OC(C)(C)C)NC(=O)OCC1c2ccccc2-c2ccccc21. The van der Waals surface area contributed by atoms with Gasteiger partial charge in [-0.15, -0.1) is 0 Å². The summed E-state index contributed by atoms with van der Waals surface area (Å²) in [6.45, 7) is 11.0. The number of alkyl carbamates (subject to hydrolysis) is 2. The molecule has 74 heavy (non-hydrogen) atoms. The highest BCUT2D eigenvalue weighted by molar-refractivity contribution is 5.90. The number of amides is 4. The number of hydrogen-bond acceptors (Lipinski definition) is 9. The number of likely N-dealkylation sites (N-methyl/N-ethyl adjacent to an activating group) is 2. The number of esters is 1. The highest BCUT2D eigenvalue weighted by Crippen LogP contribution is 2.45. The molecule has 0 bridgehead atoms. The van der Waals surface area contributed by atoms with Crippen molar-refractivity contribution in [2.45, 2.75) is 154 Å². The van der Waals surface area contributed by atoms with Crippen LogP contribution in [0.25, 0.3) is 22.3 Å². The van der Waals surface area contributed by atoms with Gasteiger partial charge in [0.15, 0.2) is 0 Å². The minimum Gasteiger partial charge on any atom is -0.481 e. The van der Waals surface area contributed by atoms with E-state index in [1.807, 2.05) is 72.8 Å². The lowest BCUT2D eigenvalue weighted by atomic mass is 9.98. The highest BCUT2D eigenvalue weighted by atomic mass is 16.6. The molecule has 0 saturated heterocycles. The van der Waals surface area contributed by atoms with Gasteiger partial charge in [0.05, 0.1) is 12.8 Å². The molecule has 400 valence electrons. The predicted octanol–water partition coefficient (Wildman–Crippen LogP) is 11.6. The molecule has 0 heterocycles. The van der Waals surface area contributed by atoms with Crippen LogP contribution < -0.4 is 10.6 Å². The van der Waals surface area contributed by atoms with Gasteiger partial charge in [0.1, 0.15) is 30.9 Å². The molecule has 3 N–H and O–H groups in total. The number of carboxylic acid groups (broad SMARTS) is 1. The van der Waals surface area contributed by atoms with Crippen molar-refractivity contribution in [2.24, 2.45) is 0 Å². The van der Waals surface area contributed by atoms with Crippen LogP contribution in [0.4, 0.5) is 9.59 Å². The number of nitrogens with zero attached hydrogens (tertiary/aromatic N) is 2. The first-order valence-electron chi connectivity index (χ1n) is 26.7. The molecule has 14 nitrogen and oxygen atoms in total. The van der Waals surface area contributed by atoms with E-state index in [-0.39, 0.29) is 37.4 Å². The predicted molar refractivity (Wildman–Crippen MR) is 289 cm³/mol. The largest absolute Gasteiger partial charge is 0.481 e. The van der Waals surface area contributed by atoms with Gasteiger partial charge in [-0.1, -0.05) is 175 Å². The minimum absolute atomic E-state index is 0.0986. The molecule has 0 radical (unpaired) electrons. The number of aliphatic carboxylic acids is 1. The molecule has 2 atom stereocenters. The molecule has 0 fully saturated rings. The molecule has 2 aliphatic carbocycles. The van der Waals surface area contributed by atoms with Crippen LogP contribution in [-0.2, 0) is 33.4 Å². The lowest BCUT2D eigenvalue weighted by molar-refractivity contribution is -0.157. The second-order valence-electron chi connectivity index (χ2n) is 20.5. The van der Waals surface area contributed by atoms with E-state index in [2.05, 4.69) is 48.7 Å². The summed E-state index contributed by atoms with van der Waals surface area (Å²) in [7, 11) is 3.35. The van der Waals surface area contributed by atoms with Crippen molar-refractivity contribution in [3.05, 3.63) is 119 Å². The van der Waals surface area contributed by atoms with Crippen LogP contribution in [0.15, 0.2) is 97.1 Å². The lowest BCUT2D eigenvalue weighted by Crippen LogP contribution is -2.49. The van der Waals surface area contributed by atoms with Crippen molar-refractivity contribution >= 4 is 35.9 Å². The maximum Gasteiger partial charge on any atom is 0.407 e. The smallest absolute Gasteiger partial charge is 0.407 e. The Balaban J connectivity index is 0.000000276. The van der Waals surface area contributed by atoms with E-state index in [0.717, 1.165) is 83.0 Å². The third-order valence-corrected chi connectivity index (χ3v) is 13.5. The summed E-state index contributed by atoms with van der Waals surface area (Å²) in [5, 5.41) is 14.4. The molecule has 2 aliphatic rings. The molecule has 4 aromatic carbocycles. The van der Waals surface area contributed by atoms with Gasteiger partial charge in [-0.25, -0.2) is 9.59 Å². The molecule has 0 aliphatic heterocycles. The molecule has 0 saturated carbocycles. The Bertz CT molecular complexity index is 2390. The molecule has 0 unspecified atom stereocenters. The Hall–Kier alpha value is -6.70. The van der Waals surface area contributed by atoms with Crippen molar-refractivity contribution in [1.82, 2.24) is 20.4 Å². The molecule has 4 amide bonds. The summed E-state index contributed by atoms with van der Waals surface area (Å²) in [6.07, 6.45) is 10.9. The number of benzene rings is 4. The quantitative estimate of drug-likeness (QED) is 0.0311. The number of nitrogens with one attached hydrogen (secondary N) is 2. The number of rotatable bonds is 26. The molecule has 6 rings (SSSR count). The van der Waals surface area contributed by atoms with Crippen LogP contribution in [-0.4, -0.2) is 109 Å². The monoisotopic (exact) mass is 1020 g/mol. The number of hydrogen-bond donors (Lipinski definition) is 3. The third kappa shape index (κ3) is 17.5. The average molecular weight is 1020 g/mol. The molecule has 4 aromatic rings. The second-order valence-corrected chi connectivity index (χ2v) is 20.5. The zero-order valence-electron chi connectivity index (χ0n) is 44.8. The van der Waals surface area contributed by atoms with Crippen molar-refractivity contribution < 1.29 is 48.1 Å².